The van der Waals surface area contributed by atoms with Crippen molar-refractivity contribution in [1.82, 2.24) is 9.88 Å². The van der Waals surface area contributed by atoms with Crippen LogP contribution in [-0.2, 0) is 0 Å². The molecule has 1 aromatic carbocycles. The van der Waals surface area contributed by atoms with Crippen LogP contribution in [0.15, 0.2) is 28.8 Å². The third-order valence-electron chi connectivity index (χ3n) is 3.42. The normalized spacial score (nSPS) is 12.9. The highest BCUT2D eigenvalue weighted by atomic mass is 35.5. The van der Waals surface area contributed by atoms with Gasteiger partial charge in [-0.3, -0.25) is 4.90 Å². The minimum atomic E-state index is -0.0121. The van der Waals surface area contributed by atoms with Crippen LogP contribution in [0.4, 0.5) is 0 Å². The van der Waals surface area contributed by atoms with Crippen LogP contribution in [0.2, 0.25) is 10.0 Å². The molecule has 0 amide bonds. The fourth-order valence-corrected chi connectivity index (χ4v) is 2.71. The Morgan fingerprint density at radius 3 is 2.76 bits per heavy atom. The maximum absolute atomic E-state index is 9.09. The van der Waals surface area contributed by atoms with Crippen LogP contribution in [0.25, 0.3) is 11.3 Å². The van der Waals surface area contributed by atoms with Crippen molar-refractivity contribution in [2.75, 3.05) is 19.7 Å². The number of aliphatic hydroxyl groups excluding tert-OH is 1. The highest BCUT2D eigenvalue weighted by Crippen LogP contribution is 2.32. The SMILES string of the molecule is CCN(CCO)C(C)c1ncc(-c2ccc(Cl)cc2Cl)o1. The molecule has 1 unspecified atom stereocenters. The van der Waals surface area contributed by atoms with Gasteiger partial charge in [0.05, 0.1) is 23.9 Å². The molecular weight excluding hydrogens is 311 g/mol. The molecule has 0 aliphatic rings. The first kappa shape index (κ1) is 16.3. The van der Waals surface area contributed by atoms with Crippen molar-refractivity contribution in [3.8, 4) is 11.3 Å². The molecule has 0 saturated heterocycles. The van der Waals surface area contributed by atoms with E-state index in [2.05, 4.69) is 9.88 Å². The van der Waals surface area contributed by atoms with Crippen LogP contribution in [-0.4, -0.2) is 34.7 Å². The number of likely N-dealkylation sites (N-methyl/N-ethyl adjacent to an activating group) is 1. The van der Waals surface area contributed by atoms with E-state index in [0.29, 0.717) is 28.2 Å². The topological polar surface area (TPSA) is 49.5 Å². The molecule has 1 N–H and O–H groups in total. The number of aromatic nitrogens is 1. The summed E-state index contributed by atoms with van der Waals surface area (Å²) in [6, 6.07) is 5.24. The molecule has 0 aliphatic carbocycles. The summed E-state index contributed by atoms with van der Waals surface area (Å²) in [4.78, 5) is 6.41. The van der Waals surface area contributed by atoms with Gasteiger partial charge in [-0.15, -0.1) is 0 Å². The van der Waals surface area contributed by atoms with Crippen LogP contribution >= 0.6 is 23.2 Å². The molecule has 0 aliphatic heterocycles. The maximum Gasteiger partial charge on any atom is 0.211 e. The Balaban J connectivity index is 2.24. The van der Waals surface area contributed by atoms with Crippen LogP contribution in [0.5, 0.6) is 0 Å². The van der Waals surface area contributed by atoms with Gasteiger partial charge in [0.25, 0.3) is 0 Å². The summed E-state index contributed by atoms with van der Waals surface area (Å²) in [5.41, 5.74) is 0.761. The second-order valence-electron chi connectivity index (χ2n) is 4.72. The van der Waals surface area contributed by atoms with Gasteiger partial charge in [0.1, 0.15) is 0 Å². The highest BCUT2D eigenvalue weighted by molar-refractivity contribution is 6.36. The fourth-order valence-electron chi connectivity index (χ4n) is 2.20. The summed E-state index contributed by atoms with van der Waals surface area (Å²) in [5, 5.41) is 10.2. The summed E-state index contributed by atoms with van der Waals surface area (Å²) < 4.78 is 5.82. The zero-order chi connectivity index (χ0) is 15.4. The van der Waals surface area contributed by atoms with Gasteiger partial charge in [-0.05, 0) is 31.7 Å². The van der Waals surface area contributed by atoms with Crippen LogP contribution in [0.1, 0.15) is 25.8 Å². The third kappa shape index (κ3) is 3.77. The van der Waals surface area contributed by atoms with Crippen molar-refractivity contribution < 1.29 is 9.52 Å². The molecule has 0 fully saturated rings. The Morgan fingerprint density at radius 1 is 1.38 bits per heavy atom. The number of oxazole rings is 1. The number of hydrogen-bond acceptors (Lipinski definition) is 4. The molecule has 0 radical (unpaired) electrons. The van der Waals surface area contributed by atoms with Crippen LogP contribution < -0.4 is 0 Å². The highest BCUT2D eigenvalue weighted by Gasteiger charge is 2.20. The Morgan fingerprint density at radius 2 is 2.14 bits per heavy atom. The lowest BCUT2D eigenvalue weighted by atomic mass is 10.2. The van der Waals surface area contributed by atoms with E-state index >= 15 is 0 Å². The molecule has 114 valence electrons. The second-order valence-corrected chi connectivity index (χ2v) is 5.56. The minimum absolute atomic E-state index is 0.0121. The molecule has 0 bridgehead atoms. The van der Waals surface area contributed by atoms with E-state index in [-0.39, 0.29) is 12.6 Å². The van der Waals surface area contributed by atoms with Crippen molar-refractivity contribution >= 4 is 23.2 Å². The fraction of sp³-hybridized carbons (Fsp3) is 0.400. The third-order valence-corrected chi connectivity index (χ3v) is 3.97. The summed E-state index contributed by atoms with van der Waals surface area (Å²) in [6.45, 7) is 5.53. The summed E-state index contributed by atoms with van der Waals surface area (Å²) in [7, 11) is 0. The molecule has 0 spiro atoms. The molecule has 1 heterocycles. The first-order chi connectivity index (χ1) is 10.1. The van der Waals surface area contributed by atoms with Crippen LogP contribution in [0, 0.1) is 0 Å². The number of halogens is 2. The van der Waals surface area contributed by atoms with Crippen molar-refractivity contribution in [3.05, 3.63) is 40.3 Å². The number of aliphatic hydroxyl groups is 1. The lowest BCUT2D eigenvalue weighted by molar-refractivity contribution is 0.149. The number of hydrogen-bond donors (Lipinski definition) is 1. The van der Waals surface area contributed by atoms with E-state index in [4.69, 9.17) is 32.7 Å². The lowest BCUT2D eigenvalue weighted by Gasteiger charge is -2.24. The summed E-state index contributed by atoms with van der Waals surface area (Å²) in [6.07, 6.45) is 1.66. The zero-order valence-corrected chi connectivity index (χ0v) is 13.5. The molecule has 21 heavy (non-hydrogen) atoms. The van der Waals surface area contributed by atoms with E-state index in [9.17, 15) is 0 Å². The monoisotopic (exact) mass is 328 g/mol. The van der Waals surface area contributed by atoms with Gasteiger partial charge in [-0.2, -0.15) is 0 Å². The van der Waals surface area contributed by atoms with Crippen LogP contribution in [0.3, 0.4) is 0 Å². The molecule has 6 heteroatoms. The average molecular weight is 329 g/mol. The van der Waals surface area contributed by atoms with Crippen molar-refractivity contribution in [2.24, 2.45) is 0 Å². The zero-order valence-electron chi connectivity index (χ0n) is 12.0. The van der Waals surface area contributed by atoms with Gasteiger partial charge < -0.3 is 9.52 Å². The van der Waals surface area contributed by atoms with Gasteiger partial charge in [0, 0.05) is 17.1 Å². The largest absolute Gasteiger partial charge is 0.439 e. The molecule has 2 aromatic rings. The predicted molar refractivity (Wildman–Crippen MR) is 84.7 cm³/mol. The van der Waals surface area contributed by atoms with E-state index < -0.39 is 0 Å². The van der Waals surface area contributed by atoms with Gasteiger partial charge in [-0.1, -0.05) is 30.1 Å². The van der Waals surface area contributed by atoms with E-state index in [1.807, 2.05) is 19.9 Å². The average Bonchev–Trinajstić information content (AvgIpc) is 2.93. The summed E-state index contributed by atoms with van der Waals surface area (Å²) in [5.74, 6) is 1.21. The first-order valence-corrected chi connectivity index (χ1v) is 7.58. The molecule has 0 saturated carbocycles. The van der Waals surface area contributed by atoms with Gasteiger partial charge in [0.2, 0.25) is 5.89 Å². The quantitative estimate of drug-likeness (QED) is 0.869. The maximum atomic E-state index is 9.09. The minimum Gasteiger partial charge on any atom is -0.439 e. The van der Waals surface area contributed by atoms with E-state index in [1.165, 1.54) is 0 Å². The molecule has 1 atom stereocenters. The smallest absolute Gasteiger partial charge is 0.211 e. The molecular formula is C15H18Cl2N2O2. The second kappa shape index (κ2) is 7.27. The molecule has 1 aromatic heterocycles. The Kier molecular flexibility index (Phi) is 5.65. The number of nitrogens with zero attached hydrogens (tertiary/aromatic N) is 2. The molecule has 4 nitrogen and oxygen atoms in total. The van der Waals surface area contributed by atoms with Gasteiger partial charge in [0.15, 0.2) is 5.76 Å². The number of rotatable bonds is 6. The first-order valence-electron chi connectivity index (χ1n) is 6.82. The predicted octanol–water partition coefficient (Wildman–Crippen LogP) is 4.02. The Labute approximate surface area is 134 Å². The van der Waals surface area contributed by atoms with Gasteiger partial charge >= 0.3 is 0 Å². The van der Waals surface area contributed by atoms with E-state index in [0.717, 1.165) is 12.1 Å². The lowest BCUT2D eigenvalue weighted by Crippen LogP contribution is -2.29. The Hall–Kier alpha value is -1.07. The Bertz CT molecular complexity index is 601. The summed E-state index contributed by atoms with van der Waals surface area (Å²) >= 11 is 12.1. The van der Waals surface area contributed by atoms with Crippen molar-refractivity contribution in [3.63, 3.8) is 0 Å². The number of benzene rings is 1. The molecule has 2 rings (SSSR count). The van der Waals surface area contributed by atoms with Crippen molar-refractivity contribution in [1.29, 1.82) is 0 Å². The standard InChI is InChI=1S/C15H18Cl2N2O2/c1-3-19(6-7-20)10(2)15-18-9-14(21-15)12-5-4-11(16)8-13(12)17/h4-5,8-10,20H,3,6-7H2,1-2H3. The van der Waals surface area contributed by atoms with Crippen molar-refractivity contribution in [2.45, 2.75) is 19.9 Å². The van der Waals surface area contributed by atoms with E-state index in [1.54, 1.807) is 18.3 Å². The van der Waals surface area contributed by atoms with Gasteiger partial charge in [-0.25, -0.2) is 4.98 Å².